The molecule has 0 atom stereocenters. The molecule has 1 aliphatic heterocycles. The maximum absolute atomic E-state index is 13.0. The van der Waals surface area contributed by atoms with Crippen molar-refractivity contribution in [2.75, 3.05) is 6.54 Å². The van der Waals surface area contributed by atoms with Gasteiger partial charge < -0.3 is 0 Å². The lowest BCUT2D eigenvalue weighted by atomic mass is 10.0. The fourth-order valence-corrected chi connectivity index (χ4v) is 5.53. The molecule has 1 aromatic heterocycles. The summed E-state index contributed by atoms with van der Waals surface area (Å²) in [6.07, 6.45) is 0. The minimum atomic E-state index is -3.90. The van der Waals surface area contributed by atoms with Gasteiger partial charge >= 0.3 is 0 Å². The summed E-state index contributed by atoms with van der Waals surface area (Å²) in [5, 5.41) is 4.35. The normalized spacial score (nSPS) is 15.1. The Hall–Kier alpha value is -2.29. The number of thiophene rings is 1. The van der Waals surface area contributed by atoms with E-state index >= 15 is 0 Å². The predicted octanol–water partition coefficient (Wildman–Crippen LogP) is 4.15. The number of carbonyl (C=O) groups excluding carboxylic acids is 1. The molecule has 5 nitrogen and oxygen atoms in total. The van der Waals surface area contributed by atoms with Gasteiger partial charge in [0.1, 0.15) is 12.3 Å². The Bertz CT molecular complexity index is 1150. The number of hydrogen-bond acceptors (Lipinski definition) is 5. The standard InChI is InChI=1S/C19H13BrN2O3S2/c20-18-11-10-16(26-18)15(23)12-22-21-19(13-6-2-1-3-7-13)14-8-4-5-9-17(14)27(22,24)25/h1-11H,12H2. The third-order valence-corrected chi connectivity index (χ3v) is 7.43. The van der Waals surface area contributed by atoms with Crippen molar-refractivity contribution in [3.05, 3.63) is 86.5 Å². The van der Waals surface area contributed by atoms with Crippen LogP contribution in [0, 0.1) is 0 Å². The van der Waals surface area contributed by atoms with Gasteiger partial charge in [-0.3, -0.25) is 4.79 Å². The number of carbonyl (C=O) groups is 1. The van der Waals surface area contributed by atoms with Crippen molar-refractivity contribution in [1.82, 2.24) is 4.41 Å². The van der Waals surface area contributed by atoms with Gasteiger partial charge in [-0.2, -0.15) is 17.9 Å². The largest absolute Gasteiger partial charge is 0.291 e. The van der Waals surface area contributed by atoms with Crippen molar-refractivity contribution in [3.8, 4) is 0 Å². The van der Waals surface area contributed by atoms with E-state index in [0.717, 1.165) is 13.8 Å². The van der Waals surface area contributed by atoms with Crippen molar-refractivity contribution in [1.29, 1.82) is 0 Å². The molecule has 0 N–H and O–H groups in total. The third kappa shape index (κ3) is 3.36. The molecule has 0 amide bonds. The molecule has 0 saturated heterocycles. The van der Waals surface area contributed by atoms with Gasteiger partial charge in [0, 0.05) is 11.1 Å². The van der Waals surface area contributed by atoms with Crippen LogP contribution in [0.3, 0.4) is 0 Å². The average Bonchev–Trinajstić information content (AvgIpc) is 3.11. The highest BCUT2D eigenvalue weighted by Crippen LogP contribution is 2.30. The molecular weight excluding hydrogens is 448 g/mol. The summed E-state index contributed by atoms with van der Waals surface area (Å²) in [5.41, 5.74) is 1.85. The fourth-order valence-electron chi connectivity index (χ4n) is 2.81. The minimum Gasteiger partial charge on any atom is -0.291 e. The number of nitrogens with zero attached hydrogens (tertiary/aromatic N) is 2. The SMILES string of the molecule is O=C(CN1N=C(c2ccccc2)c2ccccc2S1(=O)=O)c1ccc(Br)s1. The van der Waals surface area contributed by atoms with Crippen LogP contribution < -0.4 is 0 Å². The second kappa shape index (κ2) is 7.03. The maximum atomic E-state index is 13.0. The van der Waals surface area contributed by atoms with Crippen LogP contribution in [-0.4, -0.2) is 30.9 Å². The number of fused-ring (bicyclic) bond motifs is 1. The quantitative estimate of drug-likeness (QED) is 0.549. The van der Waals surface area contributed by atoms with Crippen molar-refractivity contribution in [2.24, 2.45) is 5.10 Å². The van der Waals surface area contributed by atoms with Crippen molar-refractivity contribution < 1.29 is 13.2 Å². The van der Waals surface area contributed by atoms with Gasteiger partial charge in [-0.05, 0) is 34.1 Å². The molecule has 27 heavy (non-hydrogen) atoms. The van der Waals surface area contributed by atoms with Gasteiger partial charge in [-0.15, -0.1) is 11.3 Å². The Morgan fingerprint density at radius 3 is 2.41 bits per heavy atom. The van der Waals surface area contributed by atoms with E-state index in [1.807, 2.05) is 30.3 Å². The van der Waals surface area contributed by atoms with Gasteiger partial charge in [0.05, 0.1) is 13.6 Å². The van der Waals surface area contributed by atoms with E-state index in [2.05, 4.69) is 21.0 Å². The Labute approximate surface area is 169 Å². The smallest absolute Gasteiger partial charge is 0.280 e. The predicted molar refractivity (Wildman–Crippen MR) is 109 cm³/mol. The molecule has 0 saturated carbocycles. The lowest BCUT2D eigenvalue weighted by molar-refractivity contribution is 0.0971. The summed E-state index contributed by atoms with van der Waals surface area (Å²) < 4.78 is 27.7. The molecule has 4 rings (SSSR count). The van der Waals surface area contributed by atoms with E-state index in [-0.39, 0.29) is 17.2 Å². The third-order valence-electron chi connectivity index (χ3n) is 4.08. The molecule has 2 aromatic carbocycles. The molecule has 0 fully saturated rings. The van der Waals surface area contributed by atoms with Crippen molar-refractivity contribution in [2.45, 2.75) is 4.90 Å². The van der Waals surface area contributed by atoms with E-state index in [1.54, 1.807) is 36.4 Å². The van der Waals surface area contributed by atoms with Crippen LogP contribution in [0.25, 0.3) is 0 Å². The molecule has 3 aromatic rings. The van der Waals surface area contributed by atoms with E-state index in [0.29, 0.717) is 16.2 Å². The highest BCUT2D eigenvalue weighted by Gasteiger charge is 2.34. The summed E-state index contributed by atoms with van der Waals surface area (Å²) in [4.78, 5) is 13.2. The van der Waals surface area contributed by atoms with Crippen LogP contribution in [0.2, 0.25) is 0 Å². The number of hydrazone groups is 1. The van der Waals surface area contributed by atoms with Crippen LogP contribution in [0.1, 0.15) is 20.8 Å². The maximum Gasteiger partial charge on any atom is 0.280 e. The van der Waals surface area contributed by atoms with E-state index in [9.17, 15) is 13.2 Å². The number of hydrogen-bond donors (Lipinski definition) is 0. The molecule has 0 unspecified atom stereocenters. The lowest BCUT2D eigenvalue weighted by Gasteiger charge is -2.26. The molecule has 0 spiro atoms. The number of halogens is 1. The average molecular weight is 461 g/mol. The Morgan fingerprint density at radius 1 is 1.00 bits per heavy atom. The zero-order valence-electron chi connectivity index (χ0n) is 13.9. The van der Waals surface area contributed by atoms with Crippen LogP contribution in [0.5, 0.6) is 0 Å². The topological polar surface area (TPSA) is 66.8 Å². The van der Waals surface area contributed by atoms with Crippen molar-refractivity contribution in [3.63, 3.8) is 0 Å². The highest BCUT2D eigenvalue weighted by atomic mass is 79.9. The summed E-state index contributed by atoms with van der Waals surface area (Å²) in [7, 11) is -3.90. The minimum absolute atomic E-state index is 0.152. The molecular formula is C19H13BrN2O3S2. The number of Topliss-reactive ketones (excluding diaryl/α,β-unsaturated/α-hetero) is 1. The van der Waals surface area contributed by atoms with E-state index < -0.39 is 10.0 Å². The Balaban J connectivity index is 1.80. The Morgan fingerprint density at radius 2 is 1.70 bits per heavy atom. The monoisotopic (exact) mass is 460 g/mol. The van der Waals surface area contributed by atoms with Gasteiger partial charge in [-0.1, -0.05) is 48.5 Å². The molecule has 1 aliphatic rings. The molecule has 0 bridgehead atoms. The van der Waals surface area contributed by atoms with Crippen LogP contribution in [0.15, 0.2) is 80.5 Å². The number of rotatable bonds is 4. The van der Waals surface area contributed by atoms with Crippen LogP contribution >= 0.6 is 27.3 Å². The first-order chi connectivity index (χ1) is 13.0. The zero-order chi connectivity index (χ0) is 19.0. The molecule has 2 heterocycles. The molecule has 0 radical (unpaired) electrons. The summed E-state index contributed by atoms with van der Waals surface area (Å²) in [5.74, 6) is -0.301. The van der Waals surface area contributed by atoms with Gasteiger partial charge in [0.15, 0.2) is 5.78 Å². The van der Waals surface area contributed by atoms with Gasteiger partial charge in [-0.25, -0.2) is 0 Å². The lowest BCUT2D eigenvalue weighted by Crippen LogP contribution is -2.36. The number of ketones is 1. The summed E-state index contributed by atoms with van der Waals surface area (Å²) in [6, 6.07) is 19.5. The first-order valence-electron chi connectivity index (χ1n) is 8.01. The zero-order valence-corrected chi connectivity index (χ0v) is 17.1. The molecule has 8 heteroatoms. The van der Waals surface area contributed by atoms with E-state index in [4.69, 9.17) is 0 Å². The number of sulfonamides is 1. The van der Waals surface area contributed by atoms with Gasteiger partial charge in [0.2, 0.25) is 0 Å². The summed E-state index contributed by atoms with van der Waals surface area (Å²) in [6.45, 7) is -0.347. The highest BCUT2D eigenvalue weighted by molar-refractivity contribution is 9.11. The number of benzene rings is 2. The second-order valence-corrected chi connectivity index (χ2v) is 10.1. The van der Waals surface area contributed by atoms with E-state index in [1.165, 1.54) is 11.3 Å². The first kappa shape index (κ1) is 18.1. The Kier molecular flexibility index (Phi) is 4.71. The summed E-state index contributed by atoms with van der Waals surface area (Å²) >= 11 is 4.58. The van der Waals surface area contributed by atoms with Crippen molar-refractivity contribution >= 4 is 48.8 Å². The fraction of sp³-hybridized carbons (Fsp3) is 0.0526. The van der Waals surface area contributed by atoms with Gasteiger partial charge in [0.25, 0.3) is 10.0 Å². The van der Waals surface area contributed by atoms with Crippen LogP contribution in [0.4, 0.5) is 0 Å². The molecule has 136 valence electrons. The first-order valence-corrected chi connectivity index (χ1v) is 11.1. The van der Waals surface area contributed by atoms with Crippen LogP contribution in [-0.2, 0) is 10.0 Å². The molecule has 0 aliphatic carbocycles. The second-order valence-electron chi connectivity index (χ2n) is 5.82.